The van der Waals surface area contributed by atoms with Gasteiger partial charge in [0.05, 0.1) is 17.6 Å². The van der Waals surface area contributed by atoms with Crippen molar-refractivity contribution in [2.45, 2.75) is 6.92 Å². The van der Waals surface area contributed by atoms with Gasteiger partial charge in [-0.2, -0.15) is 0 Å². The number of ether oxygens (including phenoxy) is 1. The summed E-state index contributed by atoms with van der Waals surface area (Å²) in [6.45, 7) is 1.57. The Morgan fingerprint density at radius 1 is 1.50 bits per heavy atom. The van der Waals surface area contributed by atoms with E-state index in [-0.39, 0.29) is 5.69 Å². The maximum Gasteiger partial charge on any atom is 0.337 e. The van der Waals surface area contributed by atoms with Gasteiger partial charge in [-0.25, -0.2) is 4.79 Å². The number of nitro groups is 1. The van der Waals surface area contributed by atoms with E-state index in [2.05, 4.69) is 4.74 Å². The Morgan fingerprint density at radius 2 is 2.14 bits per heavy atom. The molecule has 0 saturated carbocycles. The average molecular weight is 195 g/mol. The SMILES string of the molecule is COC(=O)c1ccc([N+](=O)[O-])c(C)c1. The number of carbonyl (C=O) groups excluding carboxylic acids is 1. The highest BCUT2D eigenvalue weighted by Gasteiger charge is 2.13. The van der Waals surface area contributed by atoms with Gasteiger partial charge in [-0.1, -0.05) is 0 Å². The van der Waals surface area contributed by atoms with Crippen LogP contribution in [0.2, 0.25) is 0 Å². The van der Waals surface area contributed by atoms with E-state index in [9.17, 15) is 14.9 Å². The maximum absolute atomic E-state index is 11.1. The maximum atomic E-state index is 11.1. The van der Waals surface area contributed by atoms with Crippen LogP contribution in [0.15, 0.2) is 18.2 Å². The van der Waals surface area contributed by atoms with Crippen LogP contribution >= 0.6 is 0 Å². The van der Waals surface area contributed by atoms with Crippen molar-refractivity contribution < 1.29 is 14.5 Å². The smallest absolute Gasteiger partial charge is 0.337 e. The van der Waals surface area contributed by atoms with Crippen molar-refractivity contribution in [3.8, 4) is 0 Å². The van der Waals surface area contributed by atoms with Crippen LogP contribution in [-0.2, 0) is 4.74 Å². The number of methoxy groups -OCH3 is 1. The van der Waals surface area contributed by atoms with Crippen molar-refractivity contribution in [2.24, 2.45) is 0 Å². The van der Waals surface area contributed by atoms with Crippen molar-refractivity contribution in [3.63, 3.8) is 0 Å². The quantitative estimate of drug-likeness (QED) is 0.409. The molecule has 0 unspecified atom stereocenters. The molecule has 0 aromatic heterocycles. The summed E-state index contributed by atoms with van der Waals surface area (Å²) in [7, 11) is 1.26. The second-order valence-electron chi connectivity index (χ2n) is 2.75. The number of hydrogen-bond acceptors (Lipinski definition) is 4. The molecule has 0 aliphatic carbocycles. The fourth-order valence-corrected chi connectivity index (χ4v) is 1.11. The zero-order chi connectivity index (χ0) is 10.7. The van der Waals surface area contributed by atoms with Crippen LogP contribution in [0.5, 0.6) is 0 Å². The summed E-state index contributed by atoms with van der Waals surface area (Å²) in [5.74, 6) is -0.497. The molecular weight excluding hydrogens is 186 g/mol. The number of aryl methyl sites for hydroxylation is 1. The fraction of sp³-hybridized carbons (Fsp3) is 0.222. The van der Waals surface area contributed by atoms with Crippen molar-refractivity contribution in [1.29, 1.82) is 0 Å². The summed E-state index contributed by atoms with van der Waals surface area (Å²) >= 11 is 0. The second kappa shape index (κ2) is 3.87. The summed E-state index contributed by atoms with van der Waals surface area (Å²) in [5, 5.41) is 10.5. The van der Waals surface area contributed by atoms with E-state index in [4.69, 9.17) is 0 Å². The minimum atomic E-state index is -0.497. The van der Waals surface area contributed by atoms with Crippen LogP contribution in [0, 0.1) is 17.0 Å². The van der Waals surface area contributed by atoms with Crippen LogP contribution < -0.4 is 0 Å². The lowest BCUT2D eigenvalue weighted by Gasteiger charge is -2.00. The predicted molar refractivity (Wildman–Crippen MR) is 49.2 cm³/mol. The van der Waals surface area contributed by atoms with E-state index in [1.807, 2.05) is 0 Å². The molecule has 1 aromatic carbocycles. The standard InChI is InChI=1S/C9H9NO4/c1-6-5-7(9(11)14-2)3-4-8(6)10(12)13/h3-5H,1-2H3. The molecule has 5 nitrogen and oxygen atoms in total. The molecule has 1 aromatic rings. The molecule has 74 valence electrons. The first-order valence-corrected chi connectivity index (χ1v) is 3.89. The third kappa shape index (κ3) is 1.87. The van der Waals surface area contributed by atoms with Crippen molar-refractivity contribution in [2.75, 3.05) is 7.11 Å². The molecule has 14 heavy (non-hydrogen) atoms. The lowest BCUT2D eigenvalue weighted by atomic mass is 10.1. The highest BCUT2D eigenvalue weighted by Crippen LogP contribution is 2.18. The number of nitro benzene ring substituents is 1. The molecule has 5 heteroatoms. The number of hydrogen-bond donors (Lipinski definition) is 0. The number of esters is 1. The predicted octanol–water partition coefficient (Wildman–Crippen LogP) is 1.69. The van der Waals surface area contributed by atoms with E-state index in [1.54, 1.807) is 6.92 Å². The molecular formula is C9H9NO4. The van der Waals surface area contributed by atoms with Gasteiger partial charge < -0.3 is 4.74 Å². The molecule has 0 radical (unpaired) electrons. The first kappa shape index (κ1) is 10.2. The molecule has 0 heterocycles. The monoisotopic (exact) mass is 195 g/mol. The van der Waals surface area contributed by atoms with Gasteiger partial charge in [0, 0.05) is 11.6 Å². The Bertz CT molecular complexity index is 386. The molecule has 0 atom stereocenters. The van der Waals surface area contributed by atoms with Gasteiger partial charge in [-0.15, -0.1) is 0 Å². The van der Waals surface area contributed by atoms with Crippen LogP contribution in [0.25, 0.3) is 0 Å². The third-order valence-electron chi connectivity index (χ3n) is 1.81. The lowest BCUT2D eigenvalue weighted by molar-refractivity contribution is -0.385. The van der Waals surface area contributed by atoms with Crippen molar-refractivity contribution >= 4 is 11.7 Å². The minimum Gasteiger partial charge on any atom is -0.465 e. The number of benzene rings is 1. The Balaban J connectivity index is 3.12. The Hall–Kier alpha value is -1.91. The molecule has 0 bridgehead atoms. The highest BCUT2D eigenvalue weighted by molar-refractivity contribution is 5.89. The molecule has 0 aliphatic rings. The summed E-state index contributed by atoms with van der Waals surface area (Å²) in [6, 6.07) is 4.10. The van der Waals surface area contributed by atoms with Crippen LogP contribution in [0.4, 0.5) is 5.69 Å². The number of nitrogens with zero attached hydrogens (tertiary/aromatic N) is 1. The summed E-state index contributed by atoms with van der Waals surface area (Å²) in [4.78, 5) is 21.0. The van der Waals surface area contributed by atoms with Gasteiger partial charge in [0.2, 0.25) is 0 Å². The van der Waals surface area contributed by atoms with Gasteiger partial charge in [-0.05, 0) is 19.1 Å². The molecule has 0 N–H and O–H groups in total. The average Bonchev–Trinajstić information content (AvgIpc) is 2.15. The van der Waals surface area contributed by atoms with Gasteiger partial charge in [0.25, 0.3) is 5.69 Å². The van der Waals surface area contributed by atoms with E-state index in [1.165, 1.54) is 25.3 Å². The zero-order valence-electron chi connectivity index (χ0n) is 7.81. The summed E-state index contributed by atoms with van der Waals surface area (Å²) in [6.07, 6.45) is 0. The highest BCUT2D eigenvalue weighted by atomic mass is 16.6. The van der Waals surface area contributed by atoms with E-state index < -0.39 is 10.9 Å². The second-order valence-corrected chi connectivity index (χ2v) is 2.75. The van der Waals surface area contributed by atoms with Crippen LogP contribution in [0.1, 0.15) is 15.9 Å². The molecule has 0 aliphatic heterocycles. The van der Waals surface area contributed by atoms with Gasteiger partial charge in [0.1, 0.15) is 0 Å². The molecule has 0 fully saturated rings. The Kier molecular flexibility index (Phi) is 2.81. The van der Waals surface area contributed by atoms with E-state index in [0.717, 1.165) is 0 Å². The normalized spacial score (nSPS) is 9.57. The largest absolute Gasteiger partial charge is 0.465 e. The fourth-order valence-electron chi connectivity index (χ4n) is 1.11. The molecule has 0 saturated heterocycles. The topological polar surface area (TPSA) is 69.4 Å². The first-order chi connectivity index (χ1) is 6.56. The summed E-state index contributed by atoms with van der Waals surface area (Å²) in [5.41, 5.74) is 0.756. The zero-order valence-corrected chi connectivity index (χ0v) is 7.81. The minimum absolute atomic E-state index is 0.00217. The van der Waals surface area contributed by atoms with E-state index in [0.29, 0.717) is 11.1 Å². The van der Waals surface area contributed by atoms with Crippen molar-refractivity contribution in [3.05, 3.63) is 39.4 Å². The Morgan fingerprint density at radius 3 is 2.57 bits per heavy atom. The third-order valence-corrected chi connectivity index (χ3v) is 1.81. The van der Waals surface area contributed by atoms with E-state index >= 15 is 0 Å². The van der Waals surface area contributed by atoms with Crippen LogP contribution in [0.3, 0.4) is 0 Å². The lowest BCUT2D eigenvalue weighted by Crippen LogP contribution is -2.02. The van der Waals surface area contributed by atoms with Gasteiger partial charge in [-0.3, -0.25) is 10.1 Å². The van der Waals surface area contributed by atoms with Gasteiger partial charge in [0.15, 0.2) is 0 Å². The number of carbonyl (C=O) groups is 1. The first-order valence-electron chi connectivity index (χ1n) is 3.89. The summed E-state index contributed by atoms with van der Waals surface area (Å²) < 4.78 is 4.48. The molecule has 1 rings (SSSR count). The van der Waals surface area contributed by atoms with Crippen molar-refractivity contribution in [1.82, 2.24) is 0 Å². The molecule has 0 amide bonds. The Labute approximate surface area is 80.5 Å². The molecule has 0 spiro atoms. The van der Waals surface area contributed by atoms with Gasteiger partial charge >= 0.3 is 5.97 Å². The van der Waals surface area contributed by atoms with Crippen LogP contribution in [-0.4, -0.2) is 18.0 Å². The number of rotatable bonds is 2.